The van der Waals surface area contributed by atoms with E-state index in [0.29, 0.717) is 17.3 Å². The molecule has 29 heavy (non-hydrogen) atoms. The van der Waals surface area contributed by atoms with Crippen LogP contribution in [-0.4, -0.2) is 29.2 Å². The van der Waals surface area contributed by atoms with Gasteiger partial charge in [0.25, 0.3) is 0 Å². The number of aromatic nitrogens is 2. The average molecular weight is 414 g/mol. The number of methoxy groups -OCH3 is 1. The highest BCUT2D eigenvalue weighted by atomic mass is 35.5. The predicted molar refractivity (Wildman–Crippen MR) is 107 cm³/mol. The van der Waals surface area contributed by atoms with Gasteiger partial charge >= 0.3 is 5.97 Å². The molecule has 0 saturated carbocycles. The van der Waals surface area contributed by atoms with Gasteiger partial charge in [-0.2, -0.15) is 0 Å². The number of benzene rings is 2. The Hall–Kier alpha value is -3.19. The second-order valence-corrected chi connectivity index (χ2v) is 6.73. The molecular formula is C21H20ClN3O4. The van der Waals surface area contributed by atoms with Crippen LogP contribution in [0, 0.1) is 0 Å². The van der Waals surface area contributed by atoms with E-state index in [-0.39, 0.29) is 30.6 Å². The van der Waals surface area contributed by atoms with E-state index in [1.165, 1.54) is 7.11 Å². The molecule has 0 aliphatic heterocycles. The van der Waals surface area contributed by atoms with Gasteiger partial charge in [-0.15, -0.1) is 10.2 Å². The summed E-state index contributed by atoms with van der Waals surface area (Å²) in [5.41, 5.74) is 1.53. The van der Waals surface area contributed by atoms with Crippen molar-refractivity contribution < 1.29 is 18.7 Å². The fraction of sp³-hybridized carbons (Fsp3) is 0.238. The van der Waals surface area contributed by atoms with Crippen LogP contribution in [0.5, 0.6) is 0 Å². The second kappa shape index (κ2) is 9.84. The lowest BCUT2D eigenvalue weighted by Gasteiger charge is -2.16. The van der Waals surface area contributed by atoms with Crippen molar-refractivity contribution in [1.82, 2.24) is 15.5 Å². The number of carbonyl (C=O) groups is 2. The zero-order valence-electron chi connectivity index (χ0n) is 15.8. The number of hydrogen-bond donors (Lipinski definition) is 1. The van der Waals surface area contributed by atoms with Crippen molar-refractivity contribution in [2.45, 2.75) is 25.3 Å². The minimum atomic E-state index is -0.636. The first-order valence-electron chi connectivity index (χ1n) is 9.07. The quantitative estimate of drug-likeness (QED) is 0.562. The van der Waals surface area contributed by atoms with E-state index >= 15 is 0 Å². The van der Waals surface area contributed by atoms with Crippen LogP contribution in [0.4, 0.5) is 0 Å². The fourth-order valence-corrected chi connectivity index (χ4v) is 2.85. The van der Waals surface area contributed by atoms with Crippen molar-refractivity contribution in [1.29, 1.82) is 0 Å². The van der Waals surface area contributed by atoms with Crippen LogP contribution in [0.15, 0.2) is 59.0 Å². The molecule has 1 atom stereocenters. The van der Waals surface area contributed by atoms with Crippen molar-refractivity contribution in [2.24, 2.45) is 0 Å². The van der Waals surface area contributed by atoms with Crippen molar-refractivity contribution >= 4 is 23.5 Å². The summed E-state index contributed by atoms with van der Waals surface area (Å²) < 4.78 is 10.4. The summed E-state index contributed by atoms with van der Waals surface area (Å²) >= 11 is 5.98. The van der Waals surface area contributed by atoms with E-state index in [2.05, 4.69) is 20.3 Å². The Labute approximate surface area is 173 Å². The Balaban J connectivity index is 1.79. The van der Waals surface area contributed by atoms with E-state index in [1.54, 1.807) is 24.3 Å². The number of esters is 1. The first kappa shape index (κ1) is 20.5. The summed E-state index contributed by atoms with van der Waals surface area (Å²) in [5.74, 6) is 0.0248. The highest BCUT2D eigenvalue weighted by molar-refractivity contribution is 6.30. The molecule has 150 valence electrons. The summed E-state index contributed by atoms with van der Waals surface area (Å²) in [7, 11) is 1.32. The lowest BCUT2D eigenvalue weighted by Crippen LogP contribution is -2.29. The number of nitrogens with one attached hydrogen (secondary N) is 1. The number of halogens is 1. The topological polar surface area (TPSA) is 94.3 Å². The molecular weight excluding hydrogens is 394 g/mol. The first-order chi connectivity index (χ1) is 14.1. The van der Waals surface area contributed by atoms with Crippen LogP contribution in [0.2, 0.25) is 5.02 Å². The van der Waals surface area contributed by atoms with E-state index in [1.807, 2.05) is 30.3 Å². The van der Waals surface area contributed by atoms with Crippen LogP contribution in [0.3, 0.4) is 0 Å². The van der Waals surface area contributed by atoms with Gasteiger partial charge in [-0.1, -0.05) is 41.9 Å². The fourth-order valence-electron chi connectivity index (χ4n) is 2.72. The van der Waals surface area contributed by atoms with Crippen LogP contribution < -0.4 is 5.32 Å². The zero-order chi connectivity index (χ0) is 20.6. The van der Waals surface area contributed by atoms with E-state index in [4.69, 9.17) is 16.0 Å². The van der Waals surface area contributed by atoms with E-state index in [9.17, 15) is 9.59 Å². The summed E-state index contributed by atoms with van der Waals surface area (Å²) in [6.07, 6.45) is 0.720. The van der Waals surface area contributed by atoms with Gasteiger partial charge in [0.1, 0.15) is 6.04 Å². The molecule has 7 nitrogen and oxygen atoms in total. The van der Waals surface area contributed by atoms with Crippen LogP contribution in [0.25, 0.3) is 11.5 Å². The second-order valence-electron chi connectivity index (χ2n) is 6.29. The van der Waals surface area contributed by atoms with Gasteiger partial charge in [-0.25, -0.2) is 0 Å². The minimum absolute atomic E-state index is 0.166. The van der Waals surface area contributed by atoms with Gasteiger partial charge in [-0.3, -0.25) is 9.59 Å². The third-order valence-electron chi connectivity index (χ3n) is 4.23. The molecule has 2 aromatic carbocycles. The Morgan fingerprint density at radius 3 is 2.48 bits per heavy atom. The Morgan fingerprint density at radius 2 is 1.79 bits per heavy atom. The molecule has 0 fully saturated rings. The largest absolute Gasteiger partial charge is 0.469 e. The Kier molecular flexibility index (Phi) is 6.97. The molecule has 0 bridgehead atoms. The van der Waals surface area contributed by atoms with Crippen molar-refractivity contribution in [3.05, 3.63) is 71.1 Å². The van der Waals surface area contributed by atoms with E-state index in [0.717, 1.165) is 11.1 Å². The van der Waals surface area contributed by atoms with Gasteiger partial charge in [0, 0.05) is 23.4 Å². The van der Waals surface area contributed by atoms with Crippen molar-refractivity contribution in [3.8, 4) is 11.5 Å². The van der Waals surface area contributed by atoms with Crippen molar-refractivity contribution in [2.75, 3.05) is 7.11 Å². The number of hydrogen-bond acceptors (Lipinski definition) is 6. The monoisotopic (exact) mass is 413 g/mol. The maximum atomic E-state index is 12.4. The smallest absolute Gasteiger partial charge is 0.305 e. The molecule has 3 rings (SSSR count). The number of rotatable bonds is 8. The van der Waals surface area contributed by atoms with Gasteiger partial charge in [0.15, 0.2) is 0 Å². The standard InChI is InChI=1S/C21H20ClN3O4/c1-28-18(27)9-5-8-17(26)23-19(14-10-12-16(22)13-11-14)21-25-24-20(29-21)15-6-3-2-4-7-15/h2-4,6-7,10-13,19H,5,8-9H2,1H3,(H,23,26)/t19-/m1/s1. The lowest BCUT2D eigenvalue weighted by atomic mass is 10.1. The third-order valence-corrected chi connectivity index (χ3v) is 4.48. The van der Waals surface area contributed by atoms with E-state index < -0.39 is 6.04 Å². The highest BCUT2D eigenvalue weighted by Gasteiger charge is 2.23. The maximum absolute atomic E-state index is 12.4. The highest BCUT2D eigenvalue weighted by Crippen LogP contribution is 2.26. The number of nitrogens with zero attached hydrogens (tertiary/aromatic N) is 2. The molecule has 0 saturated heterocycles. The molecule has 0 aliphatic carbocycles. The van der Waals surface area contributed by atoms with Crippen LogP contribution >= 0.6 is 11.6 Å². The molecule has 1 heterocycles. The molecule has 0 aliphatic rings. The average Bonchev–Trinajstić information content (AvgIpc) is 3.23. The summed E-state index contributed by atoms with van der Waals surface area (Å²) in [6, 6.07) is 15.7. The van der Waals surface area contributed by atoms with Gasteiger partial charge in [0.2, 0.25) is 17.7 Å². The molecule has 1 aromatic heterocycles. The Bertz CT molecular complexity index is 958. The molecule has 1 amide bonds. The van der Waals surface area contributed by atoms with Crippen LogP contribution in [-0.2, 0) is 14.3 Å². The molecule has 0 unspecified atom stereocenters. The summed E-state index contributed by atoms with van der Waals surface area (Å²) in [6.45, 7) is 0. The van der Waals surface area contributed by atoms with Crippen LogP contribution in [0.1, 0.15) is 36.8 Å². The molecule has 0 spiro atoms. The SMILES string of the molecule is COC(=O)CCCC(=O)N[C@H](c1ccc(Cl)cc1)c1nnc(-c2ccccc2)o1. The normalized spacial score (nSPS) is 11.7. The lowest BCUT2D eigenvalue weighted by molar-refractivity contribution is -0.140. The first-order valence-corrected chi connectivity index (χ1v) is 9.45. The molecule has 0 radical (unpaired) electrons. The number of ether oxygens (including phenoxy) is 1. The minimum Gasteiger partial charge on any atom is -0.469 e. The number of carbonyl (C=O) groups excluding carboxylic acids is 2. The third kappa shape index (κ3) is 5.65. The molecule has 1 N–H and O–H groups in total. The molecule has 8 heteroatoms. The Morgan fingerprint density at radius 1 is 1.07 bits per heavy atom. The van der Waals surface area contributed by atoms with Gasteiger partial charge in [-0.05, 0) is 36.2 Å². The molecule has 3 aromatic rings. The van der Waals surface area contributed by atoms with Gasteiger partial charge in [0.05, 0.1) is 7.11 Å². The predicted octanol–water partition coefficient (Wildman–Crippen LogP) is 3.94. The number of amides is 1. The zero-order valence-corrected chi connectivity index (χ0v) is 16.6. The summed E-state index contributed by atoms with van der Waals surface area (Å²) in [4.78, 5) is 23.7. The van der Waals surface area contributed by atoms with Crippen molar-refractivity contribution in [3.63, 3.8) is 0 Å². The van der Waals surface area contributed by atoms with Gasteiger partial charge < -0.3 is 14.5 Å². The summed E-state index contributed by atoms with van der Waals surface area (Å²) in [5, 5.41) is 11.7. The maximum Gasteiger partial charge on any atom is 0.305 e.